The molecular weight excluding hydrogens is 244 g/mol. The highest BCUT2D eigenvalue weighted by Crippen LogP contribution is 2.18. The first kappa shape index (κ1) is 15.3. The number of carboxylic acid groups (broad SMARTS) is 1. The molecule has 1 amide bonds. The lowest BCUT2D eigenvalue weighted by Gasteiger charge is -2.16. The first-order valence-electron chi connectivity index (χ1n) is 6.65. The lowest BCUT2D eigenvalue weighted by atomic mass is 10.1. The Balaban J connectivity index is 2.97. The van der Waals surface area contributed by atoms with Crippen molar-refractivity contribution in [1.82, 2.24) is 10.3 Å². The van der Waals surface area contributed by atoms with Gasteiger partial charge in [0.05, 0.1) is 5.56 Å². The number of aromatic nitrogens is 1. The van der Waals surface area contributed by atoms with E-state index in [-0.39, 0.29) is 17.6 Å². The Hall–Kier alpha value is -1.78. The zero-order valence-corrected chi connectivity index (χ0v) is 12.0. The molecule has 1 rings (SSSR count). The minimum absolute atomic E-state index is 0.0891. The molecule has 0 saturated heterocycles. The number of aromatic carboxylic acids is 1. The third-order valence-corrected chi connectivity index (χ3v) is 3.34. The molecule has 0 aliphatic rings. The van der Waals surface area contributed by atoms with Crippen LogP contribution >= 0.6 is 0 Å². The lowest BCUT2D eigenvalue weighted by molar-refractivity contribution is 0.0690. The van der Waals surface area contributed by atoms with E-state index in [9.17, 15) is 9.59 Å². The van der Waals surface area contributed by atoms with E-state index in [1.54, 1.807) is 13.8 Å². The standard InChI is InChI=1S/C14H22N2O3/c1-5-7-10(6-2)16-13(17)11-8(3)12(14(18)19)15-9(11)4/h10,15H,5-7H2,1-4H3,(H,16,17)(H,18,19). The van der Waals surface area contributed by atoms with Gasteiger partial charge in [-0.2, -0.15) is 0 Å². The second-order valence-electron chi connectivity index (χ2n) is 4.80. The van der Waals surface area contributed by atoms with Crippen molar-refractivity contribution in [1.29, 1.82) is 0 Å². The number of H-pyrrole nitrogens is 1. The van der Waals surface area contributed by atoms with Crippen LogP contribution in [-0.4, -0.2) is 28.0 Å². The second-order valence-corrected chi connectivity index (χ2v) is 4.80. The highest BCUT2D eigenvalue weighted by Gasteiger charge is 2.22. The Bertz CT molecular complexity index is 477. The summed E-state index contributed by atoms with van der Waals surface area (Å²) in [5.41, 5.74) is 1.63. The summed E-state index contributed by atoms with van der Waals surface area (Å²) in [4.78, 5) is 26.0. The summed E-state index contributed by atoms with van der Waals surface area (Å²) in [6.07, 6.45) is 2.80. The van der Waals surface area contributed by atoms with Crippen molar-refractivity contribution in [3.63, 3.8) is 0 Å². The molecule has 0 radical (unpaired) electrons. The van der Waals surface area contributed by atoms with Crippen LogP contribution in [0.2, 0.25) is 0 Å². The fourth-order valence-electron chi connectivity index (χ4n) is 2.29. The van der Waals surface area contributed by atoms with Gasteiger partial charge in [0.25, 0.3) is 5.91 Å². The number of carbonyl (C=O) groups excluding carboxylic acids is 1. The molecule has 1 heterocycles. The average Bonchev–Trinajstić information content (AvgIpc) is 2.64. The smallest absolute Gasteiger partial charge is 0.352 e. The Morgan fingerprint density at radius 3 is 2.37 bits per heavy atom. The summed E-state index contributed by atoms with van der Waals surface area (Å²) < 4.78 is 0. The van der Waals surface area contributed by atoms with Gasteiger partial charge in [-0.25, -0.2) is 4.79 Å². The lowest BCUT2D eigenvalue weighted by Crippen LogP contribution is -2.34. The van der Waals surface area contributed by atoms with E-state index in [0.717, 1.165) is 19.3 Å². The van der Waals surface area contributed by atoms with Crippen LogP contribution in [0.4, 0.5) is 0 Å². The van der Waals surface area contributed by atoms with Crippen LogP contribution in [0.25, 0.3) is 0 Å². The predicted molar refractivity (Wildman–Crippen MR) is 73.7 cm³/mol. The largest absolute Gasteiger partial charge is 0.477 e. The van der Waals surface area contributed by atoms with Crippen LogP contribution in [0.5, 0.6) is 0 Å². The van der Waals surface area contributed by atoms with Gasteiger partial charge >= 0.3 is 5.97 Å². The minimum atomic E-state index is -1.04. The third-order valence-electron chi connectivity index (χ3n) is 3.34. The highest BCUT2D eigenvalue weighted by atomic mass is 16.4. The summed E-state index contributed by atoms with van der Waals surface area (Å²) in [5, 5.41) is 12.0. The number of rotatable bonds is 6. The normalized spacial score (nSPS) is 12.2. The number of amides is 1. The molecule has 1 unspecified atom stereocenters. The molecule has 106 valence electrons. The zero-order valence-electron chi connectivity index (χ0n) is 12.0. The molecule has 0 fully saturated rings. The van der Waals surface area contributed by atoms with E-state index in [2.05, 4.69) is 17.2 Å². The number of aryl methyl sites for hydroxylation is 1. The van der Waals surface area contributed by atoms with E-state index in [0.29, 0.717) is 16.8 Å². The molecule has 3 N–H and O–H groups in total. The van der Waals surface area contributed by atoms with Crippen LogP contribution in [-0.2, 0) is 0 Å². The summed E-state index contributed by atoms with van der Waals surface area (Å²) in [6, 6.07) is 0.138. The van der Waals surface area contributed by atoms with Crippen LogP contribution in [0.1, 0.15) is 65.2 Å². The maximum atomic E-state index is 12.2. The topological polar surface area (TPSA) is 82.2 Å². The van der Waals surface area contributed by atoms with Gasteiger partial charge < -0.3 is 15.4 Å². The molecule has 5 nitrogen and oxygen atoms in total. The van der Waals surface area contributed by atoms with Gasteiger partial charge in [-0.1, -0.05) is 20.3 Å². The molecule has 0 bridgehead atoms. The van der Waals surface area contributed by atoms with Crippen LogP contribution < -0.4 is 5.32 Å². The van der Waals surface area contributed by atoms with Crippen molar-refractivity contribution in [3.8, 4) is 0 Å². The molecule has 1 atom stereocenters. The Morgan fingerprint density at radius 2 is 1.95 bits per heavy atom. The molecule has 0 aromatic carbocycles. The van der Waals surface area contributed by atoms with Gasteiger partial charge in [-0.3, -0.25) is 4.79 Å². The molecule has 0 aliphatic heterocycles. The molecule has 0 saturated carbocycles. The van der Waals surface area contributed by atoms with Crippen molar-refractivity contribution < 1.29 is 14.7 Å². The number of hydrogen-bond donors (Lipinski definition) is 3. The van der Waals surface area contributed by atoms with Crippen molar-refractivity contribution in [2.45, 2.75) is 53.0 Å². The van der Waals surface area contributed by atoms with Crippen LogP contribution in [0, 0.1) is 13.8 Å². The molecule has 0 aliphatic carbocycles. The Morgan fingerprint density at radius 1 is 1.32 bits per heavy atom. The van der Waals surface area contributed by atoms with Crippen molar-refractivity contribution in [3.05, 3.63) is 22.5 Å². The Labute approximate surface area is 113 Å². The van der Waals surface area contributed by atoms with Gasteiger partial charge in [-0.15, -0.1) is 0 Å². The van der Waals surface area contributed by atoms with E-state index >= 15 is 0 Å². The average molecular weight is 266 g/mol. The quantitative estimate of drug-likeness (QED) is 0.740. The van der Waals surface area contributed by atoms with E-state index in [1.807, 2.05) is 6.92 Å². The predicted octanol–water partition coefficient (Wildman–Crippen LogP) is 2.64. The number of hydrogen-bond acceptors (Lipinski definition) is 2. The second kappa shape index (κ2) is 6.41. The number of carboxylic acids is 1. The van der Waals surface area contributed by atoms with Gasteiger partial charge in [-0.05, 0) is 32.3 Å². The van der Waals surface area contributed by atoms with Crippen LogP contribution in [0.15, 0.2) is 0 Å². The molecule has 19 heavy (non-hydrogen) atoms. The minimum Gasteiger partial charge on any atom is -0.477 e. The van der Waals surface area contributed by atoms with Gasteiger partial charge in [0, 0.05) is 11.7 Å². The first-order valence-corrected chi connectivity index (χ1v) is 6.65. The van der Waals surface area contributed by atoms with Crippen LogP contribution in [0.3, 0.4) is 0 Å². The van der Waals surface area contributed by atoms with Crippen molar-refractivity contribution in [2.24, 2.45) is 0 Å². The number of aromatic amines is 1. The van der Waals surface area contributed by atoms with E-state index in [4.69, 9.17) is 5.11 Å². The summed E-state index contributed by atoms with van der Waals surface area (Å²) in [7, 11) is 0. The number of carbonyl (C=O) groups is 2. The van der Waals surface area contributed by atoms with Crippen molar-refractivity contribution in [2.75, 3.05) is 0 Å². The fraction of sp³-hybridized carbons (Fsp3) is 0.571. The van der Waals surface area contributed by atoms with E-state index < -0.39 is 5.97 Å². The SMILES string of the molecule is CCCC(CC)NC(=O)c1c(C)[nH]c(C(=O)O)c1C. The van der Waals surface area contributed by atoms with Gasteiger partial charge in [0.2, 0.25) is 0 Å². The molecule has 0 spiro atoms. The molecule has 5 heteroatoms. The summed E-state index contributed by atoms with van der Waals surface area (Å²) >= 11 is 0. The zero-order chi connectivity index (χ0) is 14.6. The molecular formula is C14H22N2O3. The molecule has 1 aromatic rings. The monoisotopic (exact) mass is 266 g/mol. The summed E-state index contributed by atoms with van der Waals surface area (Å²) in [5.74, 6) is -1.24. The maximum absolute atomic E-state index is 12.2. The van der Waals surface area contributed by atoms with Crippen molar-refractivity contribution >= 4 is 11.9 Å². The summed E-state index contributed by atoms with van der Waals surface area (Å²) in [6.45, 7) is 7.47. The van der Waals surface area contributed by atoms with Gasteiger partial charge in [0.15, 0.2) is 0 Å². The fourth-order valence-corrected chi connectivity index (χ4v) is 2.29. The van der Waals surface area contributed by atoms with Gasteiger partial charge in [0.1, 0.15) is 5.69 Å². The first-order chi connectivity index (χ1) is 8.92. The maximum Gasteiger partial charge on any atom is 0.352 e. The third kappa shape index (κ3) is 3.36. The highest BCUT2D eigenvalue weighted by molar-refractivity contribution is 6.00. The van der Waals surface area contributed by atoms with E-state index in [1.165, 1.54) is 0 Å². The molecule has 1 aromatic heterocycles. The number of nitrogens with one attached hydrogen (secondary N) is 2. The Kier molecular flexibility index (Phi) is 5.15.